The van der Waals surface area contributed by atoms with Gasteiger partial charge in [-0.05, 0) is 48.9 Å². The van der Waals surface area contributed by atoms with Crippen molar-refractivity contribution in [3.05, 3.63) is 88.8 Å². The molecule has 1 amide bonds. The Hall–Kier alpha value is -3.48. The van der Waals surface area contributed by atoms with Crippen molar-refractivity contribution in [2.24, 2.45) is 0 Å². The molecule has 5 nitrogen and oxygen atoms in total. The van der Waals surface area contributed by atoms with Gasteiger partial charge in [0.1, 0.15) is 10.8 Å². The van der Waals surface area contributed by atoms with Gasteiger partial charge in [-0.25, -0.2) is 4.98 Å². The van der Waals surface area contributed by atoms with Crippen LogP contribution in [0.15, 0.2) is 78.2 Å². The molecule has 0 N–H and O–H groups in total. The fourth-order valence-electron chi connectivity index (χ4n) is 3.89. The number of anilines is 1. The first-order valence-corrected chi connectivity index (χ1v) is 12.2. The normalized spacial score (nSPS) is 15.1. The van der Waals surface area contributed by atoms with Gasteiger partial charge in [0.15, 0.2) is 11.9 Å². The number of fused-ring (bicyclic) bond motifs is 1. The highest BCUT2D eigenvalue weighted by molar-refractivity contribution is 7.13. The molecule has 0 fully saturated rings. The van der Waals surface area contributed by atoms with Crippen molar-refractivity contribution >= 4 is 40.3 Å². The number of hydrogen-bond acceptors (Lipinski definition) is 5. The molecule has 1 aliphatic rings. The molecule has 7 heteroatoms. The van der Waals surface area contributed by atoms with Gasteiger partial charge in [-0.1, -0.05) is 48.9 Å². The number of carbonyl (C=O) groups excluding carboxylic acids is 2. The Kier molecular flexibility index (Phi) is 6.18. The molecule has 0 spiro atoms. The van der Waals surface area contributed by atoms with E-state index in [9.17, 15) is 9.59 Å². The highest BCUT2D eigenvalue weighted by atomic mass is 35.5. The molecule has 1 aromatic heterocycles. The first-order valence-electron chi connectivity index (χ1n) is 11.0. The second kappa shape index (κ2) is 9.41. The molecule has 34 heavy (non-hydrogen) atoms. The quantitative estimate of drug-likeness (QED) is 0.290. The third kappa shape index (κ3) is 4.34. The summed E-state index contributed by atoms with van der Waals surface area (Å²) in [6.45, 7) is 1.81. The Balaban J connectivity index is 1.49. The molecular formula is C27H21ClN2O3S. The van der Waals surface area contributed by atoms with E-state index < -0.39 is 6.10 Å². The number of Topliss-reactive ketones (excluding diaryl/α,β-unsaturated/α-hetero) is 1. The summed E-state index contributed by atoms with van der Waals surface area (Å²) in [5.74, 6) is 0.188. The number of halogens is 1. The molecule has 5 rings (SSSR count). The van der Waals surface area contributed by atoms with Crippen LogP contribution in [0.1, 0.15) is 23.7 Å². The maximum Gasteiger partial charge on any atom is 0.268 e. The van der Waals surface area contributed by atoms with Gasteiger partial charge in [0.05, 0.1) is 17.9 Å². The van der Waals surface area contributed by atoms with Crippen molar-refractivity contribution in [1.29, 1.82) is 0 Å². The number of benzene rings is 3. The summed E-state index contributed by atoms with van der Waals surface area (Å²) in [4.78, 5) is 32.5. The smallest absolute Gasteiger partial charge is 0.268 e. The third-order valence-corrected chi connectivity index (χ3v) is 6.86. The molecule has 170 valence electrons. The lowest BCUT2D eigenvalue weighted by Gasteiger charge is -2.34. The van der Waals surface area contributed by atoms with Crippen LogP contribution >= 0.6 is 22.9 Å². The number of ketones is 1. The Morgan fingerprint density at radius 2 is 1.82 bits per heavy atom. The van der Waals surface area contributed by atoms with E-state index in [0.29, 0.717) is 28.4 Å². The molecule has 0 radical (unpaired) electrons. The number of thiazole rings is 1. The minimum absolute atomic E-state index is 0.0802. The van der Waals surface area contributed by atoms with Gasteiger partial charge in [-0.3, -0.25) is 14.5 Å². The van der Waals surface area contributed by atoms with Gasteiger partial charge in [0.2, 0.25) is 0 Å². The molecule has 0 bridgehead atoms. The summed E-state index contributed by atoms with van der Waals surface area (Å²) in [7, 11) is 0. The summed E-state index contributed by atoms with van der Waals surface area (Å²) in [5, 5.41) is 3.47. The van der Waals surface area contributed by atoms with Crippen molar-refractivity contribution in [3.63, 3.8) is 0 Å². The zero-order valence-electron chi connectivity index (χ0n) is 18.4. The van der Waals surface area contributed by atoms with Crippen LogP contribution in [0.25, 0.3) is 21.8 Å². The van der Waals surface area contributed by atoms with Crippen LogP contribution < -0.4 is 9.64 Å². The van der Waals surface area contributed by atoms with Gasteiger partial charge >= 0.3 is 0 Å². The topological polar surface area (TPSA) is 59.5 Å². The van der Waals surface area contributed by atoms with Crippen LogP contribution in [0.2, 0.25) is 5.02 Å². The van der Waals surface area contributed by atoms with Crippen molar-refractivity contribution in [1.82, 2.24) is 4.98 Å². The van der Waals surface area contributed by atoms with Crippen LogP contribution in [0, 0.1) is 0 Å². The zero-order chi connectivity index (χ0) is 23.7. The summed E-state index contributed by atoms with van der Waals surface area (Å²) in [6, 6.07) is 22.3. The van der Waals surface area contributed by atoms with Crippen LogP contribution in [-0.2, 0) is 4.79 Å². The molecule has 1 aliphatic heterocycles. The Morgan fingerprint density at radius 3 is 2.56 bits per heavy atom. The van der Waals surface area contributed by atoms with E-state index >= 15 is 0 Å². The van der Waals surface area contributed by atoms with Crippen LogP contribution in [0.3, 0.4) is 0 Å². The average molecular weight is 489 g/mol. The van der Waals surface area contributed by atoms with Gasteiger partial charge < -0.3 is 4.74 Å². The second-order valence-electron chi connectivity index (χ2n) is 7.96. The van der Waals surface area contributed by atoms with Crippen molar-refractivity contribution in [3.8, 4) is 27.6 Å². The molecule has 1 atom stereocenters. The molecule has 0 saturated carbocycles. The number of amides is 1. The fourth-order valence-corrected chi connectivity index (χ4v) is 4.86. The SMILES string of the molecule is CCC1Oc2ccc(-c3csc(-c4ccccc4)n3)cc2N(CC(=O)c2ccc(Cl)cc2)C1=O. The summed E-state index contributed by atoms with van der Waals surface area (Å²) in [5.41, 5.74) is 3.79. The van der Waals surface area contributed by atoms with Crippen molar-refractivity contribution in [2.75, 3.05) is 11.4 Å². The standard InChI is InChI=1S/C27H21ClN2O3S/c1-2-24-27(32)30(15-23(31)17-8-11-20(28)12-9-17)22-14-19(10-13-25(22)33-24)21-16-34-26(29-21)18-6-4-3-5-7-18/h3-14,16,24H,2,15H2,1H3. The van der Waals surface area contributed by atoms with Crippen LogP contribution in [0.4, 0.5) is 5.69 Å². The van der Waals surface area contributed by atoms with Crippen molar-refractivity contribution in [2.45, 2.75) is 19.4 Å². The van der Waals surface area contributed by atoms with Gasteiger partial charge in [0.25, 0.3) is 5.91 Å². The predicted molar refractivity (Wildman–Crippen MR) is 136 cm³/mol. The van der Waals surface area contributed by atoms with E-state index in [1.807, 2.05) is 60.8 Å². The molecule has 2 heterocycles. The first kappa shape index (κ1) is 22.3. The maximum atomic E-state index is 13.2. The predicted octanol–water partition coefficient (Wildman–Crippen LogP) is 6.52. The number of nitrogens with zero attached hydrogens (tertiary/aromatic N) is 2. The Labute approximate surface area is 206 Å². The van der Waals surface area contributed by atoms with Gasteiger partial charge in [-0.15, -0.1) is 11.3 Å². The highest BCUT2D eigenvalue weighted by Gasteiger charge is 2.35. The Morgan fingerprint density at radius 1 is 1.06 bits per heavy atom. The lowest BCUT2D eigenvalue weighted by molar-refractivity contribution is -0.126. The highest BCUT2D eigenvalue weighted by Crippen LogP contribution is 2.39. The third-order valence-electron chi connectivity index (χ3n) is 5.72. The lowest BCUT2D eigenvalue weighted by Crippen LogP contribution is -2.47. The Bertz CT molecular complexity index is 1350. The number of rotatable bonds is 6. The molecule has 0 aliphatic carbocycles. The summed E-state index contributed by atoms with van der Waals surface area (Å²) >= 11 is 7.52. The van der Waals surface area contributed by atoms with Crippen LogP contribution in [-0.4, -0.2) is 29.3 Å². The van der Waals surface area contributed by atoms with Crippen LogP contribution in [0.5, 0.6) is 5.75 Å². The number of ether oxygens (including phenoxy) is 1. The number of aromatic nitrogens is 1. The molecule has 1 unspecified atom stereocenters. The van der Waals surface area contributed by atoms with E-state index in [1.165, 1.54) is 4.90 Å². The zero-order valence-corrected chi connectivity index (χ0v) is 20.0. The molecule has 0 saturated heterocycles. The lowest BCUT2D eigenvalue weighted by atomic mass is 10.1. The maximum absolute atomic E-state index is 13.2. The van der Waals surface area contributed by atoms with Crippen molar-refractivity contribution < 1.29 is 14.3 Å². The van der Waals surface area contributed by atoms with E-state index in [4.69, 9.17) is 21.3 Å². The average Bonchev–Trinajstić information content (AvgIpc) is 3.36. The molecular weight excluding hydrogens is 468 g/mol. The monoisotopic (exact) mass is 488 g/mol. The van der Waals surface area contributed by atoms with E-state index in [2.05, 4.69) is 0 Å². The summed E-state index contributed by atoms with van der Waals surface area (Å²) in [6.07, 6.45) is -0.113. The number of hydrogen-bond donors (Lipinski definition) is 0. The molecule has 4 aromatic rings. The largest absolute Gasteiger partial charge is 0.478 e. The van der Waals surface area contributed by atoms with E-state index in [1.54, 1.807) is 35.6 Å². The van der Waals surface area contributed by atoms with E-state index in [0.717, 1.165) is 21.8 Å². The molecule has 3 aromatic carbocycles. The van der Waals surface area contributed by atoms with E-state index in [-0.39, 0.29) is 18.2 Å². The number of carbonyl (C=O) groups is 2. The first-order chi connectivity index (χ1) is 16.5. The minimum Gasteiger partial charge on any atom is -0.478 e. The minimum atomic E-state index is -0.625. The second-order valence-corrected chi connectivity index (χ2v) is 9.25. The fraction of sp³-hybridized carbons (Fsp3) is 0.148. The van der Waals surface area contributed by atoms with Gasteiger partial charge in [0, 0.05) is 27.1 Å². The summed E-state index contributed by atoms with van der Waals surface area (Å²) < 4.78 is 5.95. The van der Waals surface area contributed by atoms with Gasteiger partial charge in [-0.2, -0.15) is 0 Å².